The Hall–Kier alpha value is -3.21. The van der Waals surface area contributed by atoms with E-state index in [-0.39, 0.29) is 23.9 Å². The number of nitro benzene ring substituents is 1. The lowest BCUT2D eigenvalue weighted by Crippen LogP contribution is -2.50. The molecule has 0 aliphatic carbocycles. The lowest BCUT2D eigenvalue weighted by molar-refractivity contribution is -0.384. The lowest BCUT2D eigenvalue weighted by Gasteiger charge is -2.35. The Kier molecular flexibility index (Phi) is 5.04. The average Bonchev–Trinajstić information content (AvgIpc) is 3.45. The Morgan fingerprint density at radius 1 is 1.21 bits per heavy atom. The summed E-state index contributed by atoms with van der Waals surface area (Å²) in [7, 11) is 0. The second kappa shape index (κ2) is 7.68. The van der Waals surface area contributed by atoms with Crippen LogP contribution < -0.4 is 4.90 Å². The zero-order valence-electron chi connectivity index (χ0n) is 18.4. The fourth-order valence-electron chi connectivity index (χ4n) is 4.56. The first-order valence-electron chi connectivity index (χ1n) is 10.7. The van der Waals surface area contributed by atoms with Gasteiger partial charge in [-0.25, -0.2) is 14.5 Å². The average molecular weight is 515 g/mol. The molecule has 2 bridgehead atoms. The summed E-state index contributed by atoms with van der Waals surface area (Å²) in [5, 5.41) is 16.6. The van der Waals surface area contributed by atoms with Crippen LogP contribution in [0.3, 0.4) is 0 Å². The summed E-state index contributed by atoms with van der Waals surface area (Å²) >= 11 is 3.45. The molecule has 172 valence electrons. The van der Waals surface area contributed by atoms with Crippen molar-refractivity contribution in [1.29, 1.82) is 0 Å². The van der Waals surface area contributed by atoms with Gasteiger partial charge < -0.3 is 14.5 Å². The van der Waals surface area contributed by atoms with E-state index < -0.39 is 10.5 Å². The highest BCUT2D eigenvalue weighted by atomic mass is 79.9. The van der Waals surface area contributed by atoms with Gasteiger partial charge in [-0.15, -0.1) is 0 Å². The number of carbonyl (C=O) groups excluding carboxylic acids is 1. The van der Waals surface area contributed by atoms with Crippen molar-refractivity contribution in [1.82, 2.24) is 19.7 Å². The number of pyridine rings is 1. The molecule has 0 saturated carbocycles. The molecule has 2 saturated heterocycles. The van der Waals surface area contributed by atoms with Crippen molar-refractivity contribution in [2.75, 3.05) is 18.0 Å². The number of ether oxygens (including phenoxy) is 1. The number of rotatable bonds is 3. The maximum absolute atomic E-state index is 12.5. The summed E-state index contributed by atoms with van der Waals surface area (Å²) < 4.78 is 7.84. The predicted molar refractivity (Wildman–Crippen MR) is 126 cm³/mol. The van der Waals surface area contributed by atoms with Crippen molar-refractivity contribution < 1.29 is 14.5 Å². The van der Waals surface area contributed by atoms with Gasteiger partial charge in [0, 0.05) is 42.9 Å². The minimum atomic E-state index is -0.523. The summed E-state index contributed by atoms with van der Waals surface area (Å²) in [5.41, 5.74) is 0.865. The molecule has 11 heteroatoms. The highest BCUT2D eigenvalue weighted by Crippen LogP contribution is 2.36. The number of piperazine rings is 1. The van der Waals surface area contributed by atoms with Crippen LogP contribution in [0.2, 0.25) is 0 Å². The summed E-state index contributed by atoms with van der Waals surface area (Å²) in [4.78, 5) is 32.0. The molecular formula is C22H23BrN6O4. The molecule has 2 fully saturated rings. The number of nitro groups is 1. The van der Waals surface area contributed by atoms with Crippen LogP contribution in [0.15, 0.2) is 41.1 Å². The SMILES string of the molecule is CC(C)(C)OC(=O)N1C[C@@H]2C[C@H]1CN2c1cc(-n2nc(Br)c3ccc([N+](=O)[O-])cc32)ccn1. The molecule has 10 nitrogen and oxygen atoms in total. The number of aromatic nitrogens is 3. The number of halogens is 1. The number of non-ortho nitro benzene ring substituents is 1. The molecule has 4 heterocycles. The van der Waals surface area contributed by atoms with Gasteiger partial charge >= 0.3 is 6.09 Å². The zero-order chi connectivity index (χ0) is 23.5. The molecule has 0 N–H and O–H groups in total. The van der Waals surface area contributed by atoms with Crippen molar-refractivity contribution >= 4 is 44.4 Å². The van der Waals surface area contributed by atoms with Crippen LogP contribution in [0.4, 0.5) is 16.3 Å². The number of fused-ring (bicyclic) bond motifs is 3. The van der Waals surface area contributed by atoms with Crippen molar-refractivity contribution in [2.45, 2.75) is 44.9 Å². The third kappa shape index (κ3) is 3.90. The standard InChI is InChI=1S/C22H23BrN6O4/c1-22(2,3)33-21(30)27-12-15-8-16(27)11-26(15)19-10-13(6-7-24-19)28-18-9-14(29(31)32)4-5-17(18)20(23)25-28/h4-7,9-10,15-16H,8,11-12H2,1-3H3/t15-,16-/m0/s1. The van der Waals surface area contributed by atoms with Gasteiger partial charge in [0.05, 0.1) is 28.2 Å². The predicted octanol–water partition coefficient (Wildman–Crippen LogP) is 4.29. The fourth-order valence-corrected chi connectivity index (χ4v) is 5.06. The van der Waals surface area contributed by atoms with Crippen LogP contribution in [0.25, 0.3) is 16.6 Å². The van der Waals surface area contributed by atoms with Gasteiger partial charge in [-0.2, -0.15) is 5.10 Å². The third-order valence-corrected chi connectivity index (χ3v) is 6.55. The van der Waals surface area contributed by atoms with E-state index in [1.165, 1.54) is 12.1 Å². The third-order valence-electron chi connectivity index (χ3n) is 5.97. The largest absolute Gasteiger partial charge is 0.444 e. The van der Waals surface area contributed by atoms with Crippen molar-refractivity contribution in [3.05, 3.63) is 51.2 Å². The van der Waals surface area contributed by atoms with Crippen LogP contribution in [-0.4, -0.2) is 61.5 Å². The Labute approximate surface area is 198 Å². The lowest BCUT2D eigenvalue weighted by atomic mass is 10.2. The normalized spacial score (nSPS) is 20.0. The molecule has 0 spiro atoms. The van der Waals surface area contributed by atoms with E-state index in [1.807, 2.05) is 37.8 Å². The maximum Gasteiger partial charge on any atom is 0.410 e. The number of anilines is 1. The van der Waals surface area contributed by atoms with Crippen LogP contribution >= 0.6 is 15.9 Å². The molecular weight excluding hydrogens is 492 g/mol. The van der Waals surface area contributed by atoms with Crippen molar-refractivity contribution in [3.63, 3.8) is 0 Å². The number of amides is 1. The molecule has 2 atom stereocenters. The Bertz CT molecular complexity index is 1270. The molecule has 2 aliphatic heterocycles. The quantitative estimate of drug-likeness (QED) is 0.379. The first-order chi connectivity index (χ1) is 15.6. The van der Waals surface area contributed by atoms with Crippen LogP contribution in [0, 0.1) is 10.1 Å². The molecule has 33 heavy (non-hydrogen) atoms. The molecule has 1 amide bonds. The first kappa shape index (κ1) is 21.6. The molecule has 2 aliphatic rings. The topological polar surface area (TPSA) is 107 Å². The number of likely N-dealkylation sites (tertiary alicyclic amines) is 1. The Morgan fingerprint density at radius 3 is 2.67 bits per heavy atom. The highest BCUT2D eigenvalue weighted by Gasteiger charge is 2.47. The Balaban J connectivity index is 1.41. The molecule has 3 aromatic rings. The summed E-state index contributed by atoms with van der Waals surface area (Å²) in [6.07, 6.45) is 2.31. The number of carbonyl (C=O) groups is 1. The van der Waals surface area contributed by atoms with E-state index in [0.717, 1.165) is 23.3 Å². The van der Waals surface area contributed by atoms with Gasteiger partial charge in [-0.1, -0.05) is 0 Å². The van der Waals surface area contributed by atoms with Gasteiger partial charge in [0.2, 0.25) is 0 Å². The van der Waals surface area contributed by atoms with Gasteiger partial charge in [0.15, 0.2) is 0 Å². The molecule has 2 aromatic heterocycles. The Morgan fingerprint density at radius 2 is 2.00 bits per heavy atom. The highest BCUT2D eigenvalue weighted by molar-refractivity contribution is 9.10. The first-order valence-corrected chi connectivity index (χ1v) is 11.5. The van der Waals surface area contributed by atoms with Crippen molar-refractivity contribution in [2.24, 2.45) is 0 Å². The number of hydrogen-bond donors (Lipinski definition) is 0. The number of benzene rings is 1. The number of nitrogens with zero attached hydrogens (tertiary/aromatic N) is 6. The maximum atomic E-state index is 12.5. The van der Waals surface area contributed by atoms with Gasteiger partial charge in [-0.3, -0.25) is 10.1 Å². The van der Waals surface area contributed by atoms with Crippen LogP contribution in [-0.2, 0) is 4.74 Å². The second-order valence-corrected chi connectivity index (χ2v) is 10.1. The fraction of sp³-hybridized carbons (Fsp3) is 0.409. The van der Waals surface area contributed by atoms with Gasteiger partial charge in [0.1, 0.15) is 16.0 Å². The monoisotopic (exact) mass is 514 g/mol. The summed E-state index contributed by atoms with van der Waals surface area (Å²) in [6, 6.07) is 8.66. The van der Waals surface area contributed by atoms with E-state index in [1.54, 1.807) is 16.9 Å². The van der Waals surface area contributed by atoms with E-state index in [4.69, 9.17) is 4.74 Å². The summed E-state index contributed by atoms with van der Waals surface area (Å²) in [6.45, 7) is 6.87. The van der Waals surface area contributed by atoms with E-state index in [0.29, 0.717) is 23.2 Å². The summed E-state index contributed by atoms with van der Waals surface area (Å²) in [5.74, 6) is 0.786. The van der Waals surface area contributed by atoms with Crippen molar-refractivity contribution in [3.8, 4) is 5.69 Å². The van der Waals surface area contributed by atoms with Crippen LogP contribution in [0.5, 0.6) is 0 Å². The molecule has 0 unspecified atom stereocenters. The zero-order valence-corrected chi connectivity index (χ0v) is 20.0. The van der Waals surface area contributed by atoms with E-state index in [2.05, 4.69) is 30.9 Å². The minimum absolute atomic E-state index is 0.00418. The minimum Gasteiger partial charge on any atom is -0.444 e. The number of hydrogen-bond acceptors (Lipinski definition) is 7. The van der Waals surface area contributed by atoms with Crippen LogP contribution in [0.1, 0.15) is 27.2 Å². The van der Waals surface area contributed by atoms with E-state index >= 15 is 0 Å². The van der Waals surface area contributed by atoms with E-state index in [9.17, 15) is 14.9 Å². The molecule has 0 radical (unpaired) electrons. The van der Waals surface area contributed by atoms with Gasteiger partial charge in [0.25, 0.3) is 5.69 Å². The molecule has 1 aromatic carbocycles. The smallest absolute Gasteiger partial charge is 0.410 e. The second-order valence-electron chi connectivity index (χ2n) is 9.36. The van der Waals surface area contributed by atoms with Gasteiger partial charge in [-0.05, 0) is 55.3 Å². The molecule has 5 rings (SSSR count).